The van der Waals surface area contributed by atoms with Crippen LogP contribution >= 0.6 is 0 Å². The molecule has 1 unspecified atom stereocenters. The quantitative estimate of drug-likeness (QED) is 0.136. The number of nitrogens with one attached hydrogen (secondary N) is 1. The monoisotopic (exact) mass is 539 g/mol. The van der Waals surface area contributed by atoms with Crippen LogP contribution in [0.3, 0.4) is 0 Å². The molecule has 0 spiro atoms. The van der Waals surface area contributed by atoms with Gasteiger partial charge < -0.3 is 40.0 Å². The molecule has 2 heterocycles. The Morgan fingerprint density at radius 2 is 1.71 bits per heavy atom. The summed E-state index contributed by atoms with van der Waals surface area (Å²) in [6.45, 7) is -0.117. The van der Waals surface area contributed by atoms with Gasteiger partial charge in [0.05, 0.1) is 6.61 Å². The molecule has 0 radical (unpaired) electrons. The molecule has 2 aliphatic heterocycles. The van der Waals surface area contributed by atoms with E-state index in [1.165, 1.54) is 0 Å². The van der Waals surface area contributed by atoms with Crippen molar-refractivity contribution in [3.63, 3.8) is 0 Å². The van der Waals surface area contributed by atoms with Crippen LogP contribution in [0, 0.1) is 0 Å². The van der Waals surface area contributed by atoms with E-state index < -0.39 is 94.2 Å². The Hall–Kier alpha value is -1.98. The van der Waals surface area contributed by atoms with Gasteiger partial charge in [0, 0.05) is 6.92 Å². The fourth-order valence-electron chi connectivity index (χ4n) is 3.05. The van der Waals surface area contributed by atoms with E-state index in [-0.39, 0.29) is 0 Å². The second-order valence-electron chi connectivity index (χ2n) is 6.90. The molecule has 0 bridgehead atoms. The van der Waals surface area contributed by atoms with Gasteiger partial charge in [0.15, 0.2) is 12.4 Å². The van der Waals surface area contributed by atoms with Crippen LogP contribution in [-0.2, 0) is 53.0 Å². The number of carbonyl (C=O) groups is 2. The van der Waals surface area contributed by atoms with Crippen LogP contribution in [0.4, 0.5) is 0 Å². The number of aliphatic carboxylic acids is 1. The molecule has 0 aromatic rings. The molecule has 0 aromatic heterocycles. The average molecular weight is 539 g/mol. The van der Waals surface area contributed by atoms with Crippen molar-refractivity contribution in [2.45, 2.75) is 56.1 Å². The predicted molar refractivity (Wildman–Crippen MR) is 99.9 cm³/mol. The number of ether oxygens (including phenoxy) is 3. The zero-order valence-corrected chi connectivity index (χ0v) is 18.5. The van der Waals surface area contributed by atoms with E-state index in [9.17, 15) is 41.7 Å². The lowest BCUT2D eigenvalue weighted by Gasteiger charge is -2.44. The molecule has 34 heavy (non-hydrogen) atoms. The van der Waals surface area contributed by atoms with Crippen molar-refractivity contribution in [1.82, 2.24) is 5.32 Å². The summed E-state index contributed by atoms with van der Waals surface area (Å²) in [6, 6.07) is -1.63. The van der Waals surface area contributed by atoms with Crippen LogP contribution in [0.25, 0.3) is 0 Å². The number of carboxylic acid groups (broad SMARTS) is 1. The summed E-state index contributed by atoms with van der Waals surface area (Å²) in [5.74, 6) is -3.50. The highest BCUT2D eigenvalue weighted by atomic mass is 32.3. The summed E-state index contributed by atoms with van der Waals surface area (Å²) in [4.78, 5) is 22.6. The number of amides is 1. The van der Waals surface area contributed by atoms with Gasteiger partial charge in [-0.05, 0) is 6.08 Å². The maximum Gasteiger partial charge on any atom is 0.397 e. The first-order valence-electron chi connectivity index (χ1n) is 9.00. The predicted octanol–water partition coefficient (Wildman–Crippen LogP) is -4.35. The van der Waals surface area contributed by atoms with Crippen molar-refractivity contribution < 1.29 is 78.5 Å². The largest absolute Gasteiger partial charge is 0.475 e. The van der Waals surface area contributed by atoms with Gasteiger partial charge in [-0.2, -0.15) is 16.8 Å². The normalized spacial score (nSPS) is 34.6. The van der Waals surface area contributed by atoms with E-state index in [2.05, 4.69) is 13.7 Å². The summed E-state index contributed by atoms with van der Waals surface area (Å²) in [7, 11) is -10.4. The van der Waals surface area contributed by atoms with E-state index in [4.69, 9.17) is 28.4 Å². The minimum atomic E-state index is -5.28. The van der Waals surface area contributed by atoms with E-state index >= 15 is 0 Å². The van der Waals surface area contributed by atoms with Gasteiger partial charge in [0.2, 0.25) is 18.0 Å². The maximum absolute atomic E-state index is 11.4. The Labute approximate surface area is 191 Å². The standard InChI is InChI=1S/C14H21NO17S2/c1-4(16)15-8-9(18)11(7(29-13(8)21)3-28-33(22,23)24)31-14-10(32-34(25,26)27)5(17)2-6(30-14)12(19)20/h2,5,7-11,13-14,17-18,21H,3H2,1H3,(H,15,16)(H,19,20)(H,22,23,24)(H,25,26,27)/t5-,7+,8+,9+,10+,11+,13?,14-/m0/s1. The molecule has 18 nitrogen and oxygen atoms in total. The highest BCUT2D eigenvalue weighted by Crippen LogP contribution is 2.30. The third-order valence-electron chi connectivity index (χ3n) is 4.35. The van der Waals surface area contributed by atoms with Gasteiger partial charge in [-0.15, -0.1) is 0 Å². The first kappa shape index (κ1) is 28.3. The summed E-state index contributed by atoms with van der Waals surface area (Å²) >= 11 is 0. The number of carbonyl (C=O) groups excluding carboxylic acids is 1. The zero-order chi connectivity index (χ0) is 26.0. The highest BCUT2D eigenvalue weighted by Gasteiger charge is 2.50. The molecule has 20 heteroatoms. The van der Waals surface area contributed by atoms with Gasteiger partial charge in [0.25, 0.3) is 0 Å². The lowest BCUT2D eigenvalue weighted by atomic mass is 9.96. The van der Waals surface area contributed by atoms with Crippen LogP contribution < -0.4 is 5.32 Å². The topological polar surface area (TPSA) is 282 Å². The van der Waals surface area contributed by atoms with Crippen molar-refractivity contribution in [1.29, 1.82) is 0 Å². The van der Waals surface area contributed by atoms with Crippen LogP contribution in [0.15, 0.2) is 11.8 Å². The van der Waals surface area contributed by atoms with E-state index in [0.717, 1.165) is 6.92 Å². The Kier molecular flexibility index (Phi) is 8.93. The van der Waals surface area contributed by atoms with Gasteiger partial charge in [0.1, 0.15) is 30.5 Å². The summed E-state index contributed by atoms with van der Waals surface area (Å²) in [5, 5.41) is 42.0. The SMILES string of the molecule is CC(=O)N[C@H]1C(O)O[C@H](COS(=O)(=O)O)[C@@H](O[C@@H]2OC(C(=O)O)=C[C@H](O)[C@H]2OS(=O)(=O)O)[C@@H]1O. The van der Waals surface area contributed by atoms with Gasteiger partial charge in [-0.3, -0.25) is 13.9 Å². The Morgan fingerprint density at radius 1 is 1.09 bits per heavy atom. The molecule has 8 atom stereocenters. The number of aliphatic hydroxyl groups excluding tert-OH is 3. The van der Waals surface area contributed by atoms with Gasteiger partial charge >= 0.3 is 26.8 Å². The van der Waals surface area contributed by atoms with Crippen molar-refractivity contribution in [3.05, 3.63) is 11.8 Å². The molecule has 1 fully saturated rings. The average Bonchev–Trinajstić information content (AvgIpc) is 2.66. The number of aliphatic hydroxyl groups is 3. The lowest BCUT2D eigenvalue weighted by Crippen LogP contribution is -2.66. The second kappa shape index (κ2) is 10.7. The zero-order valence-electron chi connectivity index (χ0n) is 16.9. The Bertz CT molecular complexity index is 1010. The fraction of sp³-hybridized carbons (Fsp3) is 0.714. The number of hydrogen-bond acceptors (Lipinski definition) is 14. The molecule has 1 amide bonds. The van der Waals surface area contributed by atoms with Crippen LogP contribution in [0.1, 0.15) is 6.92 Å². The molecular formula is C14H21NO17S2. The Morgan fingerprint density at radius 3 is 2.21 bits per heavy atom. The third-order valence-corrected chi connectivity index (χ3v) is 5.25. The smallest absolute Gasteiger partial charge is 0.397 e. The number of hydrogen-bond donors (Lipinski definition) is 7. The Balaban J connectivity index is 2.41. The molecule has 0 saturated carbocycles. The fourth-order valence-corrected chi connectivity index (χ4v) is 3.84. The maximum atomic E-state index is 11.4. The molecule has 0 aliphatic carbocycles. The first-order chi connectivity index (χ1) is 15.5. The van der Waals surface area contributed by atoms with Crippen molar-refractivity contribution >= 4 is 32.7 Å². The highest BCUT2D eigenvalue weighted by molar-refractivity contribution is 7.81. The minimum absolute atomic E-state index is 0.509. The molecule has 1 saturated heterocycles. The van der Waals surface area contributed by atoms with Crippen molar-refractivity contribution in [2.24, 2.45) is 0 Å². The van der Waals surface area contributed by atoms with Crippen LogP contribution in [0.5, 0.6) is 0 Å². The molecule has 2 aliphatic rings. The van der Waals surface area contributed by atoms with Gasteiger partial charge in [-0.25, -0.2) is 13.2 Å². The lowest BCUT2D eigenvalue weighted by molar-refractivity contribution is -0.303. The first-order valence-corrected chi connectivity index (χ1v) is 11.7. The van der Waals surface area contributed by atoms with E-state index in [1.807, 2.05) is 0 Å². The summed E-state index contributed by atoms with van der Waals surface area (Å²) in [5.41, 5.74) is 0. The van der Waals surface area contributed by atoms with E-state index in [1.54, 1.807) is 0 Å². The molecule has 0 aromatic carbocycles. The van der Waals surface area contributed by atoms with Gasteiger partial charge in [-0.1, -0.05) is 0 Å². The second-order valence-corrected chi connectivity index (χ2v) is 9.04. The van der Waals surface area contributed by atoms with Crippen molar-refractivity contribution in [2.75, 3.05) is 6.61 Å². The molecular weight excluding hydrogens is 518 g/mol. The third kappa shape index (κ3) is 7.78. The van der Waals surface area contributed by atoms with Crippen LogP contribution in [0.2, 0.25) is 0 Å². The molecule has 196 valence electrons. The summed E-state index contributed by atoms with van der Waals surface area (Å²) in [6.07, 6.45) is -13.6. The number of rotatable bonds is 9. The van der Waals surface area contributed by atoms with Crippen LogP contribution in [-0.4, -0.2) is 114 Å². The van der Waals surface area contributed by atoms with Crippen molar-refractivity contribution in [3.8, 4) is 0 Å². The van der Waals surface area contributed by atoms with E-state index in [0.29, 0.717) is 6.08 Å². The molecule has 7 N–H and O–H groups in total. The number of carboxylic acids is 1. The molecule has 2 rings (SSSR count). The minimum Gasteiger partial charge on any atom is -0.475 e. The summed E-state index contributed by atoms with van der Waals surface area (Å²) < 4.78 is 85.6.